The van der Waals surface area contributed by atoms with Crippen LogP contribution in [0.3, 0.4) is 0 Å². The zero-order valence-electron chi connectivity index (χ0n) is 10.5. The Hall–Kier alpha value is -0.580. The first-order valence-corrected chi connectivity index (χ1v) is 6.34. The van der Waals surface area contributed by atoms with E-state index in [1.54, 1.807) is 17.9 Å². The highest BCUT2D eigenvalue weighted by Gasteiger charge is 2.41. The van der Waals surface area contributed by atoms with E-state index in [9.17, 15) is 5.11 Å². The Kier molecular flexibility index (Phi) is 3.48. The van der Waals surface area contributed by atoms with Gasteiger partial charge >= 0.3 is 0 Å². The van der Waals surface area contributed by atoms with Gasteiger partial charge in [-0.15, -0.1) is 0 Å². The summed E-state index contributed by atoms with van der Waals surface area (Å²) in [6, 6.07) is 0. The number of aromatic nitrogens is 2. The van der Waals surface area contributed by atoms with Crippen molar-refractivity contribution in [3.05, 3.63) is 16.9 Å². The molecule has 96 valence electrons. The molecule has 0 aliphatic carbocycles. The van der Waals surface area contributed by atoms with Crippen LogP contribution in [-0.2, 0) is 17.4 Å². The standard InChI is InChI=1S/C12H19ClN2O2/c1-8(2)10-6-12(16,4-5-17-10)11-9(13)7-14-15(11)3/h7-8,10,16H,4-6H2,1-3H3. The van der Waals surface area contributed by atoms with Gasteiger partial charge in [-0.25, -0.2) is 0 Å². The van der Waals surface area contributed by atoms with E-state index in [-0.39, 0.29) is 6.10 Å². The van der Waals surface area contributed by atoms with Crippen molar-refractivity contribution in [3.8, 4) is 0 Å². The number of nitrogens with zero attached hydrogens (tertiary/aromatic N) is 2. The Labute approximate surface area is 107 Å². The number of hydrogen-bond donors (Lipinski definition) is 1. The summed E-state index contributed by atoms with van der Waals surface area (Å²) in [5, 5.41) is 15.4. The van der Waals surface area contributed by atoms with E-state index in [1.807, 2.05) is 0 Å². The zero-order chi connectivity index (χ0) is 12.6. The van der Waals surface area contributed by atoms with Crippen molar-refractivity contribution in [1.82, 2.24) is 9.78 Å². The number of hydrogen-bond acceptors (Lipinski definition) is 3. The normalized spacial score (nSPS) is 29.9. The van der Waals surface area contributed by atoms with Gasteiger partial charge in [-0.1, -0.05) is 25.4 Å². The third-order valence-electron chi connectivity index (χ3n) is 3.46. The van der Waals surface area contributed by atoms with E-state index in [1.165, 1.54) is 0 Å². The number of rotatable bonds is 2. The maximum Gasteiger partial charge on any atom is 0.112 e. The minimum absolute atomic E-state index is 0.0692. The number of aryl methyl sites for hydroxylation is 1. The second-order valence-corrected chi connectivity index (χ2v) is 5.51. The van der Waals surface area contributed by atoms with Crippen LogP contribution in [0.5, 0.6) is 0 Å². The number of aliphatic hydroxyl groups is 1. The molecule has 1 aromatic rings. The molecule has 1 aliphatic rings. The van der Waals surface area contributed by atoms with Gasteiger partial charge in [0.05, 0.1) is 29.6 Å². The minimum Gasteiger partial charge on any atom is -0.383 e. The summed E-state index contributed by atoms with van der Waals surface area (Å²) in [6.45, 7) is 4.75. The van der Waals surface area contributed by atoms with Crippen molar-refractivity contribution in [2.45, 2.75) is 38.4 Å². The highest BCUT2D eigenvalue weighted by molar-refractivity contribution is 6.31. The Morgan fingerprint density at radius 3 is 2.88 bits per heavy atom. The van der Waals surface area contributed by atoms with Crippen LogP contribution >= 0.6 is 11.6 Å². The summed E-state index contributed by atoms with van der Waals surface area (Å²) < 4.78 is 7.34. The maximum atomic E-state index is 10.8. The first-order chi connectivity index (χ1) is 7.94. The van der Waals surface area contributed by atoms with E-state index < -0.39 is 5.60 Å². The highest BCUT2D eigenvalue weighted by atomic mass is 35.5. The van der Waals surface area contributed by atoms with Gasteiger partial charge in [0.1, 0.15) is 5.60 Å². The van der Waals surface area contributed by atoms with Crippen LogP contribution in [0.15, 0.2) is 6.20 Å². The molecule has 1 aliphatic heterocycles. The van der Waals surface area contributed by atoms with E-state index in [0.29, 0.717) is 36.1 Å². The summed E-state index contributed by atoms with van der Waals surface area (Å²) >= 11 is 6.11. The lowest BCUT2D eigenvalue weighted by atomic mass is 9.84. The van der Waals surface area contributed by atoms with Crippen LogP contribution in [0, 0.1) is 5.92 Å². The average molecular weight is 259 g/mol. The number of halogens is 1. The molecule has 0 bridgehead atoms. The van der Waals surface area contributed by atoms with Gasteiger partial charge in [0, 0.05) is 19.9 Å². The SMILES string of the molecule is CC(C)C1CC(O)(c2c(Cl)cnn2C)CCO1. The summed E-state index contributed by atoms with van der Waals surface area (Å²) in [5.74, 6) is 0.383. The lowest BCUT2D eigenvalue weighted by Gasteiger charge is -2.38. The van der Waals surface area contributed by atoms with Crippen molar-refractivity contribution in [2.75, 3.05) is 6.61 Å². The highest BCUT2D eigenvalue weighted by Crippen LogP contribution is 2.39. The Morgan fingerprint density at radius 1 is 1.65 bits per heavy atom. The van der Waals surface area contributed by atoms with Crippen LogP contribution in [0.4, 0.5) is 0 Å². The van der Waals surface area contributed by atoms with E-state index in [2.05, 4.69) is 18.9 Å². The molecule has 0 spiro atoms. The van der Waals surface area contributed by atoms with Gasteiger partial charge in [0.2, 0.25) is 0 Å². The summed E-state index contributed by atoms with van der Waals surface area (Å²) in [4.78, 5) is 0. The first kappa shape index (κ1) is 12.9. The summed E-state index contributed by atoms with van der Waals surface area (Å²) in [5.41, 5.74) is -0.219. The van der Waals surface area contributed by atoms with Gasteiger partial charge in [-0.2, -0.15) is 5.10 Å². The van der Waals surface area contributed by atoms with E-state index in [0.717, 1.165) is 0 Å². The van der Waals surface area contributed by atoms with Crippen molar-refractivity contribution < 1.29 is 9.84 Å². The quantitative estimate of drug-likeness (QED) is 0.884. The lowest BCUT2D eigenvalue weighted by Crippen LogP contribution is -2.42. The van der Waals surface area contributed by atoms with E-state index >= 15 is 0 Å². The molecule has 0 aromatic carbocycles. The molecule has 2 atom stereocenters. The van der Waals surface area contributed by atoms with Crippen molar-refractivity contribution in [2.24, 2.45) is 13.0 Å². The van der Waals surface area contributed by atoms with Crippen LogP contribution < -0.4 is 0 Å². The molecular weight excluding hydrogens is 240 g/mol. The average Bonchev–Trinajstić information content (AvgIpc) is 2.59. The van der Waals surface area contributed by atoms with Crippen molar-refractivity contribution in [1.29, 1.82) is 0 Å². The first-order valence-electron chi connectivity index (χ1n) is 5.96. The maximum absolute atomic E-state index is 10.8. The Balaban J connectivity index is 2.30. The van der Waals surface area contributed by atoms with Gasteiger partial charge in [0.15, 0.2) is 0 Å². The van der Waals surface area contributed by atoms with Gasteiger partial charge < -0.3 is 9.84 Å². The molecule has 1 N–H and O–H groups in total. The molecule has 0 radical (unpaired) electrons. The zero-order valence-corrected chi connectivity index (χ0v) is 11.2. The molecule has 2 heterocycles. The fourth-order valence-corrected chi connectivity index (χ4v) is 2.79. The molecule has 1 saturated heterocycles. The Bertz CT molecular complexity index is 386. The second kappa shape index (κ2) is 4.59. The minimum atomic E-state index is -0.921. The molecule has 1 aromatic heterocycles. The van der Waals surface area contributed by atoms with Crippen LogP contribution in [0.25, 0.3) is 0 Å². The monoisotopic (exact) mass is 258 g/mol. The lowest BCUT2D eigenvalue weighted by molar-refractivity contribution is -0.124. The predicted molar refractivity (Wildman–Crippen MR) is 65.9 cm³/mol. The molecule has 17 heavy (non-hydrogen) atoms. The Morgan fingerprint density at radius 2 is 2.35 bits per heavy atom. The predicted octanol–water partition coefficient (Wildman–Crippen LogP) is 2.10. The fraction of sp³-hybridized carbons (Fsp3) is 0.750. The molecular formula is C12H19ClN2O2. The van der Waals surface area contributed by atoms with Crippen LogP contribution in [-0.4, -0.2) is 27.6 Å². The van der Waals surface area contributed by atoms with E-state index in [4.69, 9.17) is 16.3 Å². The molecule has 2 unspecified atom stereocenters. The smallest absolute Gasteiger partial charge is 0.112 e. The topological polar surface area (TPSA) is 47.3 Å². The van der Waals surface area contributed by atoms with Gasteiger partial charge in [0.25, 0.3) is 0 Å². The molecule has 5 heteroatoms. The fourth-order valence-electron chi connectivity index (χ4n) is 2.45. The van der Waals surface area contributed by atoms with Gasteiger partial charge in [-0.3, -0.25) is 4.68 Å². The number of ether oxygens (including phenoxy) is 1. The summed E-state index contributed by atoms with van der Waals surface area (Å²) in [6.07, 6.45) is 2.79. The second-order valence-electron chi connectivity index (χ2n) is 5.10. The molecule has 0 saturated carbocycles. The molecule has 2 rings (SSSR count). The third-order valence-corrected chi connectivity index (χ3v) is 3.74. The molecule has 0 amide bonds. The van der Waals surface area contributed by atoms with Gasteiger partial charge in [-0.05, 0) is 5.92 Å². The summed E-state index contributed by atoms with van der Waals surface area (Å²) in [7, 11) is 1.80. The van der Waals surface area contributed by atoms with Crippen LogP contribution in [0.2, 0.25) is 5.02 Å². The molecule has 1 fully saturated rings. The van der Waals surface area contributed by atoms with Crippen molar-refractivity contribution >= 4 is 11.6 Å². The largest absolute Gasteiger partial charge is 0.383 e. The van der Waals surface area contributed by atoms with Crippen LogP contribution in [0.1, 0.15) is 32.4 Å². The van der Waals surface area contributed by atoms with Crippen molar-refractivity contribution in [3.63, 3.8) is 0 Å². The molecule has 4 nitrogen and oxygen atoms in total. The third kappa shape index (κ3) is 2.34.